The average Bonchev–Trinajstić information content (AvgIpc) is 2.26. The summed E-state index contributed by atoms with van der Waals surface area (Å²) in [4.78, 5) is 6.13. The van der Waals surface area contributed by atoms with Crippen molar-refractivity contribution in [2.24, 2.45) is 0 Å². The van der Waals surface area contributed by atoms with E-state index < -0.39 is 0 Å². The van der Waals surface area contributed by atoms with Gasteiger partial charge in [-0.15, -0.1) is 5.10 Å². The van der Waals surface area contributed by atoms with E-state index in [1.165, 1.54) is 0 Å². The standard InChI is InChI=1S/C9H16ClN5O/c1-15(5-6-16-2)4-3-11-8-7-12-14-9(10)13-8/h7H,3-6H2,1-2H3,(H,11,13,14). The third-order valence-electron chi connectivity index (χ3n) is 2.01. The first kappa shape index (κ1) is 13.1. The summed E-state index contributed by atoms with van der Waals surface area (Å²) in [6.45, 7) is 3.30. The van der Waals surface area contributed by atoms with Crippen LogP contribution in [0.1, 0.15) is 0 Å². The van der Waals surface area contributed by atoms with Crippen LogP contribution in [0.15, 0.2) is 6.20 Å². The van der Waals surface area contributed by atoms with Crippen LogP contribution in [0.2, 0.25) is 5.28 Å². The summed E-state index contributed by atoms with van der Waals surface area (Å²) >= 11 is 5.60. The molecule has 0 spiro atoms. The largest absolute Gasteiger partial charge is 0.383 e. The van der Waals surface area contributed by atoms with E-state index in [9.17, 15) is 0 Å². The number of anilines is 1. The molecule has 1 heterocycles. The molecule has 0 atom stereocenters. The lowest BCUT2D eigenvalue weighted by Gasteiger charge is -2.16. The van der Waals surface area contributed by atoms with Crippen molar-refractivity contribution in [2.75, 3.05) is 45.7 Å². The molecule has 90 valence electrons. The van der Waals surface area contributed by atoms with Gasteiger partial charge in [0.1, 0.15) is 5.82 Å². The second-order valence-corrected chi connectivity index (χ2v) is 3.67. The fourth-order valence-corrected chi connectivity index (χ4v) is 1.24. The lowest BCUT2D eigenvalue weighted by atomic mass is 10.5. The van der Waals surface area contributed by atoms with Gasteiger partial charge in [0, 0.05) is 26.7 Å². The van der Waals surface area contributed by atoms with E-state index in [2.05, 4.69) is 25.4 Å². The summed E-state index contributed by atoms with van der Waals surface area (Å²) in [5.74, 6) is 0.639. The predicted octanol–water partition coefficient (Wildman–Crippen LogP) is 0.515. The number of halogens is 1. The van der Waals surface area contributed by atoms with Crippen molar-refractivity contribution < 1.29 is 4.74 Å². The van der Waals surface area contributed by atoms with Crippen molar-refractivity contribution in [3.8, 4) is 0 Å². The molecule has 0 saturated heterocycles. The van der Waals surface area contributed by atoms with E-state index in [4.69, 9.17) is 16.3 Å². The van der Waals surface area contributed by atoms with Gasteiger partial charge in [0.15, 0.2) is 0 Å². The van der Waals surface area contributed by atoms with Crippen LogP contribution >= 0.6 is 11.6 Å². The van der Waals surface area contributed by atoms with E-state index in [-0.39, 0.29) is 5.28 Å². The number of nitrogens with one attached hydrogen (secondary N) is 1. The number of likely N-dealkylation sites (N-methyl/N-ethyl adjacent to an activating group) is 1. The molecular weight excluding hydrogens is 230 g/mol. The zero-order chi connectivity index (χ0) is 11.8. The van der Waals surface area contributed by atoms with Gasteiger partial charge in [-0.05, 0) is 18.6 Å². The van der Waals surface area contributed by atoms with Crippen LogP contribution in [0, 0.1) is 0 Å². The molecule has 0 aliphatic rings. The molecule has 1 N–H and O–H groups in total. The van der Waals surface area contributed by atoms with Gasteiger partial charge in [-0.2, -0.15) is 10.1 Å². The Hall–Kier alpha value is -0.980. The lowest BCUT2D eigenvalue weighted by molar-refractivity contribution is 0.163. The van der Waals surface area contributed by atoms with Crippen molar-refractivity contribution in [2.45, 2.75) is 0 Å². The second kappa shape index (κ2) is 7.32. The molecule has 0 unspecified atom stereocenters. The third kappa shape index (κ3) is 5.20. The normalized spacial score (nSPS) is 10.8. The van der Waals surface area contributed by atoms with Crippen molar-refractivity contribution in [3.63, 3.8) is 0 Å². The first-order valence-electron chi connectivity index (χ1n) is 4.99. The molecule has 7 heteroatoms. The minimum absolute atomic E-state index is 0.151. The molecule has 1 aromatic rings. The summed E-state index contributed by atoms with van der Waals surface area (Å²) in [5.41, 5.74) is 0. The van der Waals surface area contributed by atoms with Crippen molar-refractivity contribution in [1.82, 2.24) is 20.1 Å². The van der Waals surface area contributed by atoms with Crippen molar-refractivity contribution in [1.29, 1.82) is 0 Å². The van der Waals surface area contributed by atoms with E-state index in [0.29, 0.717) is 5.82 Å². The molecule has 0 saturated carbocycles. The Balaban J connectivity index is 2.20. The summed E-state index contributed by atoms with van der Waals surface area (Å²) in [6.07, 6.45) is 1.54. The highest BCUT2D eigenvalue weighted by Gasteiger charge is 1.99. The summed E-state index contributed by atoms with van der Waals surface area (Å²) in [5, 5.41) is 10.5. The van der Waals surface area contributed by atoms with E-state index in [1.54, 1.807) is 13.3 Å². The summed E-state index contributed by atoms with van der Waals surface area (Å²) in [7, 11) is 3.73. The number of rotatable bonds is 7. The number of hydrogen-bond acceptors (Lipinski definition) is 6. The Labute approximate surface area is 100.0 Å². The van der Waals surface area contributed by atoms with E-state index in [1.807, 2.05) is 7.05 Å². The van der Waals surface area contributed by atoms with Crippen LogP contribution in [0.25, 0.3) is 0 Å². The van der Waals surface area contributed by atoms with Crippen LogP contribution < -0.4 is 5.32 Å². The Morgan fingerprint density at radius 1 is 1.50 bits per heavy atom. The fourth-order valence-electron chi connectivity index (χ4n) is 1.10. The van der Waals surface area contributed by atoms with E-state index in [0.717, 1.165) is 26.2 Å². The first-order chi connectivity index (χ1) is 7.72. The topological polar surface area (TPSA) is 63.2 Å². The number of methoxy groups -OCH3 is 1. The zero-order valence-corrected chi connectivity index (χ0v) is 10.2. The fraction of sp³-hybridized carbons (Fsp3) is 0.667. The number of hydrogen-bond donors (Lipinski definition) is 1. The molecule has 0 fully saturated rings. The first-order valence-corrected chi connectivity index (χ1v) is 5.36. The molecule has 0 radical (unpaired) electrons. The second-order valence-electron chi connectivity index (χ2n) is 3.33. The molecule has 0 amide bonds. The Kier molecular flexibility index (Phi) is 5.99. The highest BCUT2D eigenvalue weighted by molar-refractivity contribution is 6.28. The lowest BCUT2D eigenvalue weighted by Crippen LogP contribution is -2.28. The van der Waals surface area contributed by atoms with Crippen LogP contribution in [-0.4, -0.2) is 60.5 Å². The summed E-state index contributed by atoms with van der Waals surface area (Å²) < 4.78 is 4.98. The number of ether oxygens (including phenoxy) is 1. The van der Waals surface area contributed by atoms with Gasteiger partial charge in [0.2, 0.25) is 5.28 Å². The monoisotopic (exact) mass is 245 g/mol. The maximum atomic E-state index is 5.60. The smallest absolute Gasteiger partial charge is 0.244 e. The highest BCUT2D eigenvalue weighted by Crippen LogP contribution is 2.02. The van der Waals surface area contributed by atoms with Gasteiger partial charge in [-0.1, -0.05) is 0 Å². The van der Waals surface area contributed by atoms with Gasteiger partial charge in [-0.25, -0.2) is 0 Å². The van der Waals surface area contributed by atoms with Gasteiger partial charge in [0.25, 0.3) is 0 Å². The van der Waals surface area contributed by atoms with Crippen LogP contribution in [0.4, 0.5) is 5.82 Å². The molecule has 0 bridgehead atoms. The molecule has 0 aliphatic carbocycles. The average molecular weight is 246 g/mol. The van der Waals surface area contributed by atoms with Crippen molar-refractivity contribution >= 4 is 17.4 Å². The maximum Gasteiger partial charge on any atom is 0.244 e. The van der Waals surface area contributed by atoms with E-state index >= 15 is 0 Å². The Morgan fingerprint density at radius 3 is 3.00 bits per heavy atom. The van der Waals surface area contributed by atoms with Gasteiger partial charge in [0.05, 0.1) is 12.8 Å². The number of nitrogens with zero attached hydrogens (tertiary/aromatic N) is 4. The Morgan fingerprint density at radius 2 is 2.31 bits per heavy atom. The molecular formula is C9H16ClN5O. The van der Waals surface area contributed by atoms with Gasteiger partial charge >= 0.3 is 0 Å². The quantitative estimate of drug-likeness (QED) is 0.756. The van der Waals surface area contributed by atoms with Crippen LogP contribution in [0.5, 0.6) is 0 Å². The summed E-state index contributed by atoms with van der Waals surface area (Å²) in [6, 6.07) is 0. The van der Waals surface area contributed by atoms with Gasteiger partial charge < -0.3 is 15.0 Å². The zero-order valence-electron chi connectivity index (χ0n) is 9.48. The van der Waals surface area contributed by atoms with Crippen molar-refractivity contribution in [3.05, 3.63) is 11.5 Å². The molecule has 1 rings (SSSR count). The minimum Gasteiger partial charge on any atom is -0.383 e. The molecule has 6 nitrogen and oxygen atoms in total. The molecule has 1 aromatic heterocycles. The molecule has 0 aromatic carbocycles. The van der Waals surface area contributed by atoms with Gasteiger partial charge in [-0.3, -0.25) is 0 Å². The SMILES string of the molecule is COCCN(C)CCNc1cnnc(Cl)n1. The predicted molar refractivity (Wildman–Crippen MR) is 62.7 cm³/mol. The minimum atomic E-state index is 0.151. The molecule has 16 heavy (non-hydrogen) atoms. The van der Waals surface area contributed by atoms with Crippen LogP contribution in [-0.2, 0) is 4.74 Å². The maximum absolute atomic E-state index is 5.60. The third-order valence-corrected chi connectivity index (χ3v) is 2.17. The highest BCUT2D eigenvalue weighted by atomic mass is 35.5. The number of aromatic nitrogens is 3. The Bertz CT molecular complexity index is 312. The molecule has 0 aliphatic heterocycles. The van der Waals surface area contributed by atoms with Crippen LogP contribution in [0.3, 0.4) is 0 Å².